The maximum Gasteiger partial charge on any atom is 0.325 e. The van der Waals surface area contributed by atoms with E-state index in [1.165, 1.54) is 102 Å². The van der Waals surface area contributed by atoms with Crippen LogP contribution in [0.1, 0.15) is 125 Å². The molecule has 468 valence electrons. The molecular weight excluding hydrogens is 1110 g/mol. The minimum Gasteiger partial charge on any atom is -0.496 e. The molecule has 0 fully saturated rings. The Hall–Kier alpha value is -8.89. The zero-order chi connectivity index (χ0) is 63.3. The number of carbonyl (C=O) groups is 9. The normalized spacial score (nSPS) is 12.6. The summed E-state index contributed by atoms with van der Waals surface area (Å²) in [7, 11) is 5.36. The lowest BCUT2D eigenvalue weighted by Gasteiger charge is -2.22. The van der Waals surface area contributed by atoms with Crippen LogP contribution >= 0.6 is 0 Å². The van der Waals surface area contributed by atoms with Crippen molar-refractivity contribution < 1.29 is 67.2 Å². The van der Waals surface area contributed by atoms with Gasteiger partial charge in [0.15, 0.2) is 0 Å². The van der Waals surface area contributed by atoms with Gasteiger partial charge < -0.3 is 95.3 Å². The van der Waals surface area contributed by atoms with Crippen molar-refractivity contribution in [2.75, 3.05) is 75.9 Å². The molecule has 4 rings (SSSR count). The van der Waals surface area contributed by atoms with Crippen LogP contribution in [0.5, 0.6) is 23.0 Å². The van der Waals surface area contributed by atoms with Crippen molar-refractivity contribution in [1.29, 1.82) is 0 Å². The molecule has 8 amide bonds. The minimum atomic E-state index is -1.27. The number of methoxy groups -OCH3 is 4. The maximum absolute atomic E-state index is 14.3. The van der Waals surface area contributed by atoms with Crippen LogP contribution in [0.3, 0.4) is 0 Å². The van der Waals surface area contributed by atoms with Crippen LogP contribution in [0.4, 0.5) is 22.7 Å². The standard InChI is InChI=1S/C59H83N13O14/c1-34(59(81)82)65-51(73)39-31-36(19-23-47(39)83-2)67-56(78)44(15-7-11-27-61)71-53(75)41-33-38(21-25-49(41)85-4)69-58(80)46(17-9-13-29-63)72-54(76)42-32-37(20-24-50(42)86-5)68-57(79)45(16-8-12-28-62)70-52(74)40-30-35(18-22-48(40)84-3)66-55(77)43(64)14-6-10-26-60/h18-25,30-34,43-46H,6-17,26-29,60-64H2,1-5H3,(H,65,73)(H,66,77)(H,67,78)(H,68,79)(H,69,80)(H,70,74)(H,71,75)(H,72,76)(H,81,82)/t34-,43-,44-,45-,46-/m0/s1. The molecule has 4 aromatic carbocycles. The van der Waals surface area contributed by atoms with E-state index in [-0.39, 0.29) is 87.3 Å². The lowest BCUT2D eigenvalue weighted by molar-refractivity contribution is -0.138. The number of nitrogens with two attached hydrogens (primary N) is 5. The average Bonchev–Trinajstić information content (AvgIpc) is 2.30. The molecule has 0 bridgehead atoms. The highest BCUT2D eigenvalue weighted by Gasteiger charge is 2.29. The molecule has 0 aromatic heterocycles. The molecule has 0 saturated carbocycles. The molecule has 27 nitrogen and oxygen atoms in total. The minimum absolute atomic E-state index is 0.0238. The molecule has 0 saturated heterocycles. The third-order valence-corrected chi connectivity index (χ3v) is 13.6. The van der Waals surface area contributed by atoms with Gasteiger partial charge in [-0.1, -0.05) is 6.42 Å². The Kier molecular flexibility index (Phi) is 29.2. The molecule has 0 aliphatic rings. The van der Waals surface area contributed by atoms with Gasteiger partial charge >= 0.3 is 5.97 Å². The molecule has 0 radical (unpaired) electrons. The molecule has 27 heteroatoms. The number of anilines is 4. The molecule has 0 heterocycles. The van der Waals surface area contributed by atoms with Gasteiger partial charge in [-0.15, -0.1) is 0 Å². The predicted molar refractivity (Wildman–Crippen MR) is 324 cm³/mol. The molecular formula is C59H83N13O14. The highest BCUT2D eigenvalue weighted by Crippen LogP contribution is 2.28. The molecule has 86 heavy (non-hydrogen) atoms. The summed E-state index contributed by atoms with van der Waals surface area (Å²) in [6.07, 6.45) is 5.03. The average molecular weight is 1200 g/mol. The number of hydrogen-bond acceptors (Lipinski definition) is 18. The monoisotopic (exact) mass is 1200 g/mol. The van der Waals surface area contributed by atoms with Gasteiger partial charge in [0.1, 0.15) is 47.2 Å². The second-order valence-electron chi connectivity index (χ2n) is 20.0. The largest absolute Gasteiger partial charge is 0.496 e. The zero-order valence-corrected chi connectivity index (χ0v) is 49.3. The summed E-state index contributed by atoms with van der Waals surface area (Å²) in [4.78, 5) is 122. The number of ether oxygens (including phenoxy) is 4. The van der Waals surface area contributed by atoms with E-state index >= 15 is 0 Å². The predicted octanol–water partition coefficient (Wildman–Crippen LogP) is 2.92. The Morgan fingerprint density at radius 1 is 0.395 bits per heavy atom. The molecule has 0 unspecified atom stereocenters. The van der Waals surface area contributed by atoms with Crippen molar-refractivity contribution in [2.24, 2.45) is 28.7 Å². The van der Waals surface area contributed by atoms with E-state index in [4.69, 9.17) is 47.6 Å². The smallest absolute Gasteiger partial charge is 0.325 e. The third kappa shape index (κ3) is 21.3. The fourth-order valence-electron chi connectivity index (χ4n) is 8.74. The van der Waals surface area contributed by atoms with E-state index < -0.39 is 83.4 Å². The Balaban J connectivity index is 1.56. The first-order chi connectivity index (χ1) is 41.2. The molecule has 19 N–H and O–H groups in total. The highest BCUT2D eigenvalue weighted by molar-refractivity contribution is 6.08. The van der Waals surface area contributed by atoms with Gasteiger partial charge in [-0.25, -0.2) is 0 Å². The van der Waals surface area contributed by atoms with E-state index in [2.05, 4.69) is 42.5 Å². The number of nitrogens with one attached hydrogen (secondary N) is 8. The third-order valence-electron chi connectivity index (χ3n) is 13.6. The fourth-order valence-corrected chi connectivity index (χ4v) is 8.74. The number of benzene rings is 4. The lowest BCUT2D eigenvalue weighted by Crippen LogP contribution is -2.44. The van der Waals surface area contributed by atoms with Crippen LogP contribution in [0.25, 0.3) is 0 Å². The van der Waals surface area contributed by atoms with Crippen molar-refractivity contribution in [1.82, 2.24) is 21.3 Å². The van der Waals surface area contributed by atoms with Gasteiger partial charge in [0, 0.05) is 22.7 Å². The molecule has 0 spiro atoms. The van der Waals surface area contributed by atoms with Crippen LogP contribution < -0.4 is 90.2 Å². The van der Waals surface area contributed by atoms with E-state index in [0.717, 1.165) is 0 Å². The summed E-state index contributed by atoms with van der Waals surface area (Å²) in [5.74, 6) is -6.23. The van der Waals surface area contributed by atoms with Crippen molar-refractivity contribution >= 4 is 76.0 Å². The van der Waals surface area contributed by atoms with Gasteiger partial charge in [-0.3, -0.25) is 43.2 Å². The van der Waals surface area contributed by atoms with E-state index in [1.54, 1.807) is 6.07 Å². The van der Waals surface area contributed by atoms with Crippen LogP contribution in [0.15, 0.2) is 72.8 Å². The zero-order valence-electron chi connectivity index (χ0n) is 49.3. The second kappa shape index (κ2) is 36.1. The number of rotatable bonds is 37. The number of carbonyl (C=O) groups excluding carboxylic acids is 8. The van der Waals surface area contributed by atoms with Crippen LogP contribution in [-0.4, -0.2) is 143 Å². The van der Waals surface area contributed by atoms with Crippen LogP contribution in [-0.2, 0) is 24.0 Å². The first-order valence-electron chi connectivity index (χ1n) is 28.2. The van der Waals surface area contributed by atoms with Gasteiger partial charge in [0.25, 0.3) is 23.6 Å². The number of carboxylic acid groups (broad SMARTS) is 1. The summed E-state index contributed by atoms with van der Waals surface area (Å²) in [5.41, 5.74) is 29.5. The quantitative estimate of drug-likeness (QED) is 0.0289. The highest BCUT2D eigenvalue weighted by atomic mass is 16.5. The van der Waals surface area contributed by atoms with Gasteiger partial charge in [-0.2, -0.15) is 0 Å². The number of carboxylic acids is 1. The molecule has 0 aliphatic carbocycles. The molecule has 4 aromatic rings. The summed E-state index contributed by atoms with van der Waals surface area (Å²) >= 11 is 0. The van der Waals surface area contributed by atoms with Gasteiger partial charge in [0.05, 0.1) is 56.7 Å². The summed E-state index contributed by atoms with van der Waals surface area (Å²) in [6.45, 7) is 2.68. The number of hydrogen-bond donors (Lipinski definition) is 14. The maximum atomic E-state index is 14.3. The lowest BCUT2D eigenvalue weighted by atomic mass is 10.1. The van der Waals surface area contributed by atoms with Crippen LogP contribution in [0.2, 0.25) is 0 Å². The fraction of sp³-hybridized carbons (Fsp3) is 0.441. The van der Waals surface area contributed by atoms with Gasteiger partial charge in [0.2, 0.25) is 23.6 Å². The van der Waals surface area contributed by atoms with E-state index in [9.17, 15) is 48.3 Å². The van der Waals surface area contributed by atoms with Crippen molar-refractivity contribution in [3.05, 3.63) is 95.1 Å². The Morgan fingerprint density at radius 2 is 0.651 bits per heavy atom. The summed E-state index contributed by atoms with van der Waals surface area (Å²) in [6, 6.07) is 11.7. The summed E-state index contributed by atoms with van der Waals surface area (Å²) in [5, 5.41) is 30.9. The number of amides is 8. The topological polar surface area (TPSA) is 437 Å². The molecule has 0 aliphatic heterocycles. The van der Waals surface area contributed by atoms with E-state index in [1.807, 2.05) is 0 Å². The number of aliphatic carboxylic acids is 1. The Bertz CT molecular complexity index is 2980. The summed E-state index contributed by atoms with van der Waals surface area (Å²) < 4.78 is 21.8. The van der Waals surface area contributed by atoms with Crippen LogP contribution in [0, 0.1) is 0 Å². The van der Waals surface area contributed by atoms with Crippen molar-refractivity contribution in [3.63, 3.8) is 0 Å². The SMILES string of the molecule is COc1ccc(NC(=O)[C@H](CCCCN)NC(=O)c2cc(NC(=O)[C@H](CCCCN)NC(=O)c3cc(NC(=O)[C@H](CCCCN)NC(=O)c4cc(NC(=O)[C@@H](N)CCCCN)ccc4OC)ccc3OC)ccc2OC)cc1C(=O)N[C@@H](C)C(=O)O. The first-order valence-corrected chi connectivity index (χ1v) is 28.2. The molecule has 5 atom stereocenters. The Morgan fingerprint density at radius 3 is 0.907 bits per heavy atom. The van der Waals surface area contributed by atoms with Crippen molar-refractivity contribution in [2.45, 2.75) is 114 Å². The number of unbranched alkanes of at least 4 members (excludes halogenated alkanes) is 4. The van der Waals surface area contributed by atoms with Gasteiger partial charge in [-0.05, 0) is 177 Å². The van der Waals surface area contributed by atoms with Crippen molar-refractivity contribution in [3.8, 4) is 23.0 Å². The van der Waals surface area contributed by atoms with E-state index in [0.29, 0.717) is 84.0 Å². The second-order valence-corrected chi connectivity index (χ2v) is 20.0. The Labute approximate surface area is 499 Å². The first kappa shape index (κ1) is 69.6.